The van der Waals surface area contributed by atoms with Crippen molar-refractivity contribution in [1.29, 1.82) is 0 Å². The molecule has 0 spiro atoms. The van der Waals surface area contributed by atoms with E-state index < -0.39 is 64.0 Å². The summed E-state index contributed by atoms with van der Waals surface area (Å²) in [5.41, 5.74) is 2.98. The maximum absolute atomic E-state index is 13.7. The Morgan fingerprint density at radius 2 is 1.90 bits per heavy atom. The predicted molar refractivity (Wildman–Crippen MR) is 104 cm³/mol. The van der Waals surface area contributed by atoms with Gasteiger partial charge in [0.05, 0.1) is 11.7 Å². The molecule has 9 heteroatoms. The van der Waals surface area contributed by atoms with E-state index in [2.05, 4.69) is 5.32 Å². The van der Waals surface area contributed by atoms with Gasteiger partial charge in [-0.15, -0.1) is 0 Å². The van der Waals surface area contributed by atoms with Gasteiger partial charge in [-0.05, 0) is 24.6 Å². The van der Waals surface area contributed by atoms with E-state index in [4.69, 9.17) is 5.73 Å². The van der Waals surface area contributed by atoms with Crippen LogP contribution in [0.2, 0.25) is 0 Å². The van der Waals surface area contributed by atoms with Gasteiger partial charge >= 0.3 is 0 Å². The van der Waals surface area contributed by atoms with Crippen molar-refractivity contribution in [3.8, 4) is 5.75 Å². The van der Waals surface area contributed by atoms with Gasteiger partial charge in [-0.25, -0.2) is 0 Å². The number of phenolic OH excluding ortho intramolecular Hbond substituents is 1. The van der Waals surface area contributed by atoms with Crippen LogP contribution in [-0.4, -0.2) is 56.6 Å². The van der Waals surface area contributed by atoms with Crippen LogP contribution in [0, 0.1) is 11.8 Å². The molecule has 0 unspecified atom stereocenters. The van der Waals surface area contributed by atoms with E-state index in [0.29, 0.717) is 5.56 Å². The van der Waals surface area contributed by atoms with Crippen LogP contribution in [0.25, 0.3) is 5.76 Å². The second-order valence-electron chi connectivity index (χ2n) is 8.02. The standard InChI is InChI=1S/C21H22N2O7/c1-7-8-4-3-5-10(24)13(8)17(27)15-12(7)16(26)9-6-11(25)14(20(22)30)18(28)21(9,23-2)19(15)29/h3-5,7,9,12,16,23-24,26-28H,6H2,1-2H3,(H2,22,30)/t7-,9-,12+,16-,21+/m0/s1. The molecular formula is C21H22N2O7. The molecule has 30 heavy (non-hydrogen) atoms. The van der Waals surface area contributed by atoms with Gasteiger partial charge in [0.25, 0.3) is 5.91 Å². The summed E-state index contributed by atoms with van der Waals surface area (Å²) in [5, 5.41) is 46.0. The number of likely N-dealkylation sites (N-methyl/N-ethyl adjacent to an activating group) is 1. The number of Topliss-reactive ketones (excluding diaryl/α,β-unsaturated/α-hetero) is 2. The molecule has 0 aromatic heterocycles. The van der Waals surface area contributed by atoms with Crippen molar-refractivity contribution >= 4 is 23.2 Å². The Balaban J connectivity index is 2.05. The monoisotopic (exact) mass is 414 g/mol. The zero-order chi connectivity index (χ0) is 22.1. The summed E-state index contributed by atoms with van der Waals surface area (Å²) in [4.78, 5) is 38.0. The van der Waals surface area contributed by atoms with E-state index in [1.165, 1.54) is 13.1 Å². The Bertz CT molecular complexity index is 1070. The Labute approximate surface area is 171 Å². The van der Waals surface area contributed by atoms with Crippen LogP contribution >= 0.6 is 0 Å². The third-order valence-electron chi connectivity index (χ3n) is 6.80. The number of benzene rings is 1. The highest BCUT2D eigenvalue weighted by Gasteiger charge is 2.64. The summed E-state index contributed by atoms with van der Waals surface area (Å²) in [7, 11) is 1.35. The Hall–Kier alpha value is -3.17. The number of carbonyl (C=O) groups is 3. The number of nitrogens with one attached hydrogen (secondary N) is 1. The van der Waals surface area contributed by atoms with Crippen molar-refractivity contribution in [3.05, 3.63) is 46.2 Å². The smallest absolute Gasteiger partial charge is 0.255 e. The average molecular weight is 414 g/mol. The third kappa shape index (κ3) is 2.21. The first-order valence-corrected chi connectivity index (χ1v) is 9.53. The largest absolute Gasteiger partial charge is 0.509 e. The number of primary amides is 1. The summed E-state index contributed by atoms with van der Waals surface area (Å²) >= 11 is 0. The highest BCUT2D eigenvalue weighted by molar-refractivity contribution is 6.23. The lowest BCUT2D eigenvalue weighted by molar-refractivity contribution is -0.138. The van der Waals surface area contributed by atoms with Gasteiger partial charge < -0.3 is 31.5 Å². The van der Waals surface area contributed by atoms with Crippen molar-refractivity contribution in [1.82, 2.24) is 5.32 Å². The Kier molecular flexibility index (Phi) is 4.30. The number of amides is 1. The van der Waals surface area contributed by atoms with Crippen LogP contribution in [0.1, 0.15) is 30.4 Å². The van der Waals surface area contributed by atoms with Crippen LogP contribution in [0.5, 0.6) is 5.75 Å². The summed E-state index contributed by atoms with van der Waals surface area (Å²) in [6.07, 6.45) is -1.71. The minimum Gasteiger partial charge on any atom is -0.509 e. The fraction of sp³-hybridized carbons (Fsp3) is 0.381. The molecule has 9 nitrogen and oxygen atoms in total. The number of carbonyl (C=O) groups excluding carboxylic acids is 3. The second-order valence-corrected chi connectivity index (χ2v) is 8.02. The maximum atomic E-state index is 13.7. The van der Waals surface area contributed by atoms with Crippen LogP contribution < -0.4 is 11.1 Å². The minimum atomic E-state index is -2.01. The molecule has 0 radical (unpaired) electrons. The quantitative estimate of drug-likeness (QED) is 0.372. The number of aromatic hydroxyl groups is 1. The SMILES string of the molecule is CN[C@]12C(=O)C3=C(O)c4c(O)cccc4[C@H](C)[C@H]3[C@@H](O)[C@@H]1CC(=O)C(C(N)=O)=C2O. The number of ketones is 2. The molecule has 158 valence electrons. The van der Waals surface area contributed by atoms with E-state index in [0.717, 1.165) is 0 Å². The topological polar surface area (TPSA) is 170 Å². The summed E-state index contributed by atoms with van der Waals surface area (Å²) in [5.74, 6) is -6.79. The molecule has 3 aliphatic rings. The fourth-order valence-corrected chi connectivity index (χ4v) is 5.40. The zero-order valence-corrected chi connectivity index (χ0v) is 16.3. The lowest BCUT2D eigenvalue weighted by Crippen LogP contribution is -2.69. The highest BCUT2D eigenvalue weighted by Crippen LogP contribution is 2.55. The molecule has 0 aliphatic heterocycles. The lowest BCUT2D eigenvalue weighted by Gasteiger charge is -2.52. The number of hydrogen-bond donors (Lipinski definition) is 6. The van der Waals surface area contributed by atoms with Gasteiger partial charge in [0.2, 0.25) is 0 Å². The molecule has 1 saturated carbocycles. The molecule has 5 atom stereocenters. The van der Waals surface area contributed by atoms with Gasteiger partial charge in [0.1, 0.15) is 28.4 Å². The summed E-state index contributed by atoms with van der Waals surface area (Å²) in [6.45, 7) is 1.74. The summed E-state index contributed by atoms with van der Waals surface area (Å²) < 4.78 is 0. The molecule has 3 aliphatic carbocycles. The molecule has 0 bridgehead atoms. The second kappa shape index (κ2) is 6.41. The van der Waals surface area contributed by atoms with Crippen molar-refractivity contribution in [2.45, 2.75) is 30.9 Å². The molecular weight excluding hydrogens is 392 g/mol. The number of fused-ring (bicyclic) bond motifs is 3. The molecule has 0 saturated heterocycles. The van der Waals surface area contributed by atoms with Crippen molar-refractivity contribution in [3.63, 3.8) is 0 Å². The van der Waals surface area contributed by atoms with Gasteiger partial charge in [-0.3, -0.25) is 14.4 Å². The number of hydrogen-bond acceptors (Lipinski definition) is 8. The van der Waals surface area contributed by atoms with E-state index in [-0.39, 0.29) is 23.3 Å². The van der Waals surface area contributed by atoms with Gasteiger partial charge in [-0.2, -0.15) is 0 Å². The van der Waals surface area contributed by atoms with E-state index in [1.807, 2.05) is 0 Å². The Morgan fingerprint density at radius 1 is 1.23 bits per heavy atom. The first-order valence-electron chi connectivity index (χ1n) is 9.53. The van der Waals surface area contributed by atoms with Crippen LogP contribution in [0.4, 0.5) is 0 Å². The van der Waals surface area contributed by atoms with Crippen LogP contribution in [0.15, 0.2) is 35.1 Å². The number of aliphatic hydroxyl groups excluding tert-OH is 3. The molecule has 1 aromatic rings. The lowest BCUT2D eigenvalue weighted by atomic mass is 9.54. The summed E-state index contributed by atoms with van der Waals surface area (Å²) in [6, 6.07) is 4.64. The highest BCUT2D eigenvalue weighted by atomic mass is 16.3. The molecule has 1 amide bonds. The molecule has 0 heterocycles. The van der Waals surface area contributed by atoms with E-state index >= 15 is 0 Å². The van der Waals surface area contributed by atoms with Crippen LogP contribution in [0.3, 0.4) is 0 Å². The number of rotatable bonds is 2. The van der Waals surface area contributed by atoms with Crippen molar-refractivity contribution in [2.75, 3.05) is 7.05 Å². The van der Waals surface area contributed by atoms with Crippen molar-refractivity contribution < 1.29 is 34.8 Å². The molecule has 1 fully saturated rings. The number of phenols is 1. The Morgan fingerprint density at radius 3 is 2.50 bits per heavy atom. The van der Waals surface area contributed by atoms with E-state index in [9.17, 15) is 34.8 Å². The van der Waals surface area contributed by atoms with Crippen LogP contribution in [-0.2, 0) is 14.4 Å². The first kappa shape index (κ1) is 20.1. The normalized spacial score (nSPS) is 33.2. The fourth-order valence-electron chi connectivity index (χ4n) is 5.40. The molecule has 7 N–H and O–H groups in total. The number of aliphatic hydroxyl groups is 3. The number of nitrogens with two attached hydrogens (primary N) is 1. The minimum absolute atomic E-state index is 0.0759. The molecule has 1 aromatic carbocycles. The first-order chi connectivity index (χ1) is 14.1. The van der Waals surface area contributed by atoms with Crippen molar-refractivity contribution in [2.24, 2.45) is 17.6 Å². The van der Waals surface area contributed by atoms with E-state index in [1.54, 1.807) is 19.1 Å². The zero-order valence-electron chi connectivity index (χ0n) is 16.3. The van der Waals surface area contributed by atoms with Gasteiger partial charge in [0, 0.05) is 23.8 Å². The average Bonchev–Trinajstić information content (AvgIpc) is 2.68. The van der Waals surface area contributed by atoms with Gasteiger partial charge in [0.15, 0.2) is 11.6 Å². The predicted octanol–water partition coefficient (Wildman–Crippen LogP) is 0.183. The molecule has 4 rings (SSSR count). The third-order valence-corrected chi connectivity index (χ3v) is 6.80. The van der Waals surface area contributed by atoms with Gasteiger partial charge in [-0.1, -0.05) is 19.1 Å². The maximum Gasteiger partial charge on any atom is 0.255 e.